The number of hydrogen-bond donors (Lipinski definition) is 0. The second-order valence-electron chi connectivity index (χ2n) is 7.24. The van der Waals surface area contributed by atoms with Crippen molar-refractivity contribution in [1.29, 1.82) is 0 Å². The smallest absolute Gasteiger partial charge is 0.326 e. The summed E-state index contributed by atoms with van der Waals surface area (Å²) in [4.78, 5) is 39.2. The Bertz CT molecular complexity index is 943. The van der Waals surface area contributed by atoms with Crippen molar-refractivity contribution in [2.75, 3.05) is 0 Å². The number of Topliss-reactive ketones (excluding diaryl/α,β-unsaturated/α-hetero) is 2. The molecule has 26 heavy (non-hydrogen) atoms. The summed E-state index contributed by atoms with van der Waals surface area (Å²) in [6.45, 7) is 5.21. The standard InChI is InChI=1S/C22H20O4/c1-4-21(19(24)15-11-9-13(2)10-12-15)18-16-7-5-6-8-17(16)26-20(25)22(18,21)14(3)23/h5-12,18H,4H2,1-3H3/t18-,21-,22-/m1/s1. The summed E-state index contributed by atoms with van der Waals surface area (Å²) in [7, 11) is 0. The highest BCUT2D eigenvalue weighted by Crippen LogP contribution is 2.80. The quantitative estimate of drug-likeness (QED) is 0.364. The third-order valence-electron chi connectivity index (χ3n) is 6.13. The Morgan fingerprint density at radius 2 is 1.73 bits per heavy atom. The highest BCUT2D eigenvalue weighted by molar-refractivity contribution is 6.21. The molecule has 1 aliphatic heterocycles. The minimum absolute atomic E-state index is 0.158. The molecule has 2 aliphatic rings. The minimum atomic E-state index is -1.42. The van der Waals surface area contributed by atoms with Crippen LogP contribution in [0.2, 0.25) is 0 Å². The van der Waals surface area contributed by atoms with Crippen LogP contribution in [0, 0.1) is 17.8 Å². The average Bonchev–Trinajstić information content (AvgIpc) is 3.29. The van der Waals surface area contributed by atoms with Gasteiger partial charge in [-0.2, -0.15) is 0 Å². The first-order valence-corrected chi connectivity index (χ1v) is 8.85. The highest BCUT2D eigenvalue weighted by Gasteiger charge is 2.87. The third kappa shape index (κ3) is 1.77. The van der Waals surface area contributed by atoms with E-state index in [1.807, 2.05) is 38.1 Å². The first-order valence-electron chi connectivity index (χ1n) is 8.85. The number of hydrogen-bond acceptors (Lipinski definition) is 4. The molecule has 0 saturated heterocycles. The van der Waals surface area contributed by atoms with E-state index in [0.29, 0.717) is 17.7 Å². The number of fused-ring (bicyclic) bond motifs is 3. The summed E-state index contributed by atoms with van der Waals surface area (Å²) < 4.78 is 5.50. The molecular weight excluding hydrogens is 328 g/mol. The monoisotopic (exact) mass is 348 g/mol. The van der Waals surface area contributed by atoms with E-state index in [0.717, 1.165) is 11.1 Å². The van der Waals surface area contributed by atoms with Gasteiger partial charge in [-0.3, -0.25) is 14.4 Å². The molecule has 0 amide bonds. The van der Waals surface area contributed by atoms with Crippen molar-refractivity contribution in [1.82, 2.24) is 0 Å². The number of aryl methyl sites for hydroxylation is 1. The van der Waals surface area contributed by atoms with Crippen LogP contribution in [-0.2, 0) is 9.59 Å². The zero-order chi connectivity index (χ0) is 18.7. The number of esters is 1. The summed E-state index contributed by atoms with van der Waals surface area (Å²) >= 11 is 0. The van der Waals surface area contributed by atoms with Crippen LogP contribution >= 0.6 is 0 Å². The van der Waals surface area contributed by atoms with Crippen molar-refractivity contribution < 1.29 is 19.1 Å². The lowest BCUT2D eigenvalue weighted by Gasteiger charge is -2.22. The molecule has 4 nitrogen and oxygen atoms in total. The molecule has 4 rings (SSSR count). The molecule has 1 fully saturated rings. The van der Waals surface area contributed by atoms with Gasteiger partial charge < -0.3 is 4.74 Å². The molecule has 2 aromatic carbocycles. The minimum Gasteiger partial charge on any atom is -0.425 e. The van der Waals surface area contributed by atoms with E-state index in [4.69, 9.17) is 4.74 Å². The van der Waals surface area contributed by atoms with Crippen LogP contribution < -0.4 is 4.74 Å². The van der Waals surface area contributed by atoms with Crippen molar-refractivity contribution in [2.45, 2.75) is 33.1 Å². The number of carbonyl (C=O) groups excluding carboxylic acids is 3. The number of rotatable bonds is 4. The van der Waals surface area contributed by atoms with Crippen LogP contribution in [0.25, 0.3) is 0 Å². The maximum Gasteiger partial charge on any atom is 0.326 e. The van der Waals surface area contributed by atoms with E-state index < -0.39 is 22.7 Å². The average molecular weight is 348 g/mol. The molecule has 4 heteroatoms. The maximum absolute atomic E-state index is 13.5. The molecule has 0 bridgehead atoms. The van der Waals surface area contributed by atoms with Gasteiger partial charge in [-0.15, -0.1) is 0 Å². The van der Waals surface area contributed by atoms with Crippen LogP contribution in [-0.4, -0.2) is 17.5 Å². The van der Waals surface area contributed by atoms with Gasteiger partial charge in [0, 0.05) is 17.0 Å². The summed E-state index contributed by atoms with van der Waals surface area (Å²) in [6.07, 6.45) is 0.396. The molecule has 2 aromatic rings. The van der Waals surface area contributed by atoms with Gasteiger partial charge in [-0.25, -0.2) is 0 Å². The molecule has 1 aliphatic carbocycles. The Kier molecular flexibility index (Phi) is 3.45. The maximum atomic E-state index is 13.5. The third-order valence-corrected chi connectivity index (χ3v) is 6.13. The second-order valence-corrected chi connectivity index (χ2v) is 7.24. The van der Waals surface area contributed by atoms with Gasteiger partial charge in [0.15, 0.2) is 5.78 Å². The predicted molar refractivity (Wildman–Crippen MR) is 96.2 cm³/mol. The van der Waals surface area contributed by atoms with Gasteiger partial charge in [0.1, 0.15) is 16.9 Å². The first-order chi connectivity index (χ1) is 12.4. The molecule has 1 saturated carbocycles. The van der Waals surface area contributed by atoms with Gasteiger partial charge in [0.05, 0.1) is 5.41 Å². The van der Waals surface area contributed by atoms with E-state index >= 15 is 0 Å². The van der Waals surface area contributed by atoms with Gasteiger partial charge in [0.25, 0.3) is 0 Å². The molecule has 0 unspecified atom stereocenters. The van der Waals surface area contributed by atoms with Crippen molar-refractivity contribution in [3.8, 4) is 5.75 Å². The lowest BCUT2D eigenvalue weighted by atomic mass is 9.81. The fraction of sp³-hybridized carbons (Fsp3) is 0.318. The van der Waals surface area contributed by atoms with Crippen LogP contribution in [0.3, 0.4) is 0 Å². The highest BCUT2D eigenvalue weighted by atomic mass is 16.5. The Morgan fingerprint density at radius 3 is 2.35 bits per heavy atom. The number of ether oxygens (including phenoxy) is 1. The number of para-hydroxylation sites is 1. The molecule has 0 spiro atoms. The van der Waals surface area contributed by atoms with Crippen molar-refractivity contribution in [3.63, 3.8) is 0 Å². The zero-order valence-corrected chi connectivity index (χ0v) is 15.0. The van der Waals surface area contributed by atoms with Crippen molar-refractivity contribution >= 4 is 17.5 Å². The van der Waals surface area contributed by atoms with Crippen molar-refractivity contribution in [3.05, 3.63) is 65.2 Å². The van der Waals surface area contributed by atoms with E-state index in [2.05, 4.69) is 0 Å². The van der Waals surface area contributed by atoms with Crippen molar-refractivity contribution in [2.24, 2.45) is 10.8 Å². The zero-order valence-electron chi connectivity index (χ0n) is 15.0. The van der Waals surface area contributed by atoms with E-state index in [9.17, 15) is 14.4 Å². The van der Waals surface area contributed by atoms with Gasteiger partial charge in [-0.1, -0.05) is 55.0 Å². The normalized spacial score (nSPS) is 28.6. The number of ketones is 2. The number of carbonyl (C=O) groups is 3. The van der Waals surface area contributed by atoms with Gasteiger partial charge in [0.2, 0.25) is 0 Å². The van der Waals surface area contributed by atoms with Crippen LogP contribution in [0.5, 0.6) is 5.75 Å². The number of benzene rings is 2. The Morgan fingerprint density at radius 1 is 1.08 bits per heavy atom. The molecule has 132 valence electrons. The largest absolute Gasteiger partial charge is 0.425 e. The Labute approximate surface area is 152 Å². The van der Waals surface area contributed by atoms with E-state index in [1.54, 1.807) is 24.3 Å². The molecule has 3 atom stereocenters. The molecular formula is C22H20O4. The lowest BCUT2D eigenvalue weighted by molar-refractivity contribution is -0.148. The van der Waals surface area contributed by atoms with Gasteiger partial charge >= 0.3 is 5.97 Å². The molecule has 0 N–H and O–H groups in total. The summed E-state index contributed by atoms with van der Waals surface area (Å²) in [5.74, 6) is -1.08. The lowest BCUT2D eigenvalue weighted by Crippen LogP contribution is -2.38. The van der Waals surface area contributed by atoms with E-state index in [-0.39, 0.29) is 11.6 Å². The fourth-order valence-corrected chi connectivity index (χ4v) is 4.90. The fourth-order valence-electron chi connectivity index (χ4n) is 4.90. The van der Waals surface area contributed by atoms with Crippen LogP contribution in [0.15, 0.2) is 48.5 Å². The summed E-state index contributed by atoms with van der Waals surface area (Å²) in [6, 6.07) is 14.5. The Hall–Kier alpha value is -2.75. The second kappa shape index (κ2) is 5.37. The Balaban J connectivity index is 1.93. The SMILES string of the molecule is CC[C@]1(C(=O)c2ccc(C)cc2)[C@H]2c3ccccc3OC(=O)[C@@]21C(C)=O. The first kappa shape index (κ1) is 16.7. The van der Waals surface area contributed by atoms with Crippen LogP contribution in [0.4, 0.5) is 0 Å². The van der Waals surface area contributed by atoms with Crippen LogP contribution in [0.1, 0.15) is 47.7 Å². The van der Waals surface area contributed by atoms with E-state index in [1.165, 1.54) is 6.92 Å². The summed E-state index contributed by atoms with van der Waals surface area (Å²) in [5, 5.41) is 0. The summed E-state index contributed by atoms with van der Waals surface area (Å²) in [5.41, 5.74) is -0.163. The molecule has 1 heterocycles. The molecule has 0 aromatic heterocycles. The van der Waals surface area contributed by atoms with Gasteiger partial charge in [-0.05, 0) is 26.3 Å². The predicted octanol–water partition coefficient (Wildman–Crippen LogP) is 3.87. The molecule has 0 radical (unpaired) electrons. The topological polar surface area (TPSA) is 60.4 Å².